The molecular weight excluding hydrogens is 480 g/mol. The fourth-order valence-electron chi connectivity index (χ4n) is 3.43. The van der Waals surface area contributed by atoms with Gasteiger partial charge in [0, 0.05) is 13.0 Å². The Balaban J connectivity index is 2.91. The Labute approximate surface area is 206 Å². The summed E-state index contributed by atoms with van der Waals surface area (Å²) in [4.78, 5) is 75.8. The van der Waals surface area contributed by atoms with Crippen LogP contribution in [-0.4, -0.2) is 89.0 Å². The number of primary amides is 1. The van der Waals surface area contributed by atoms with Crippen molar-refractivity contribution in [2.75, 3.05) is 13.1 Å². The van der Waals surface area contributed by atoms with Gasteiger partial charge in [0.15, 0.2) is 5.96 Å². The number of nitrogens with one attached hydrogen (secondary N) is 4. The Kier molecular flexibility index (Phi) is 12.6. The number of guanidine groups is 1. The summed E-state index contributed by atoms with van der Waals surface area (Å²) in [6, 6.07) is -4.89. The fourth-order valence-corrected chi connectivity index (χ4v) is 3.43. The number of hydrogen-bond acceptors (Lipinski definition) is 8. The summed E-state index contributed by atoms with van der Waals surface area (Å²) in [5.74, 6) is -6.22. The van der Waals surface area contributed by atoms with Crippen LogP contribution in [0.2, 0.25) is 0 Å². The quantitative estimate of drug-likeness (QED) is 0.0544. The Bertz CT molecular complexity index is 855. The molecule has 0 bridgehead atoms. The van der Waals surface area contributed by atoms with Crippen molar-refractivity contribution in [1.82, 2.24) is 21.3 Å². The van der Waals surface area contributed by atoms with E-state index in [0.717, 1.165) is 6.42 Å². The lowest BCUT2D eigenvalue weighted by Gasteiger charge is -2.24. The van der Waals surface area contributed by atoms with E-state index >= 15 is 0 Å². The number of amides is 4. The van der Waals surface area contributed by atoms with Crippen LogP contribution in [0.5, 0.6) is 0 Å². The molecule has 0 aliphatic carbocycles. The van der Waals surface area contributed by atoms with Gasteiger partial charge in [-0.3, -0.25) is 29.0 Å². The van der Waals surface area contributed by atoms with Crippen molar-refractivity contribution in [1.29, 1.82) is 0 Å². The Hall–Kier alpha value is -3.95. The third-order valence-electron chi connectivity index (χ3n) is 5.26. The van der Waals surface area contributed by atoms with Crippen LogP contribution in [0.25, 0.3) is 0 Å². The third-order valence-corrected chi connectivity index (χ3v) is 5.26. The van der Waals surface area contributed by atoms with Crippen molar-refractivity contribution < 1.29 is 39.0 Å². The van der Waals surface area contributed by atoms with Crippen molar-refractivity contribution >= 4 is 41.5 Å². The number of hydrogen-bond donors (Lipinski definition) is 9. The molecule has 12 N–H and O–H groups in total. The molecule has 1 rings (SSSR count). The fraction of sp³-hybridized carbons (Fsp3) is 0.650. The molecule has 0 aromatic carbocycles. The summed E-state index contributed by atoms with van der Waals surface area (Å²) < 4.78 is 0. The number of nitrogens with two attached hydrogens (primary N) is 3. The number of carboxylic acid groups (broad SMARTS) is 2. The zero-order valence-corrected chi connectivity index (χ0v) is 19.7. The maximum Gasteiger partial charge on any atom is 0.326 e. The summed E-state index contributed by atoms with van der Waals surface area (Å²) in [7, 11) is 0. The molecule has 1 aliphatic heterocycles. The van der Waals surface area contributed by atoms with Gasteiger partial charge in [-0.25, -0.2) is 4.79 Å². The molecule has 202 valence electrons. The molecule has 16 nitrogen and oxygen atoms in total. The molecule has 36 heavy (non-hydrogen) atoms. The second-order valence-electron chi connectivity index (χ2n) is 8.22. The van der Waals surface area contributed by atoms with E-state index in [4.69, 9.17) is 17.2 Å². The van der Waals surface area contributed by atoms with Crippen molar-refractivity contribution in [3.8, 4) is 0 Å². The van der Waals surface area contributed by atoms with E-state index in [1.807, 2.05) is 0 Å². The predicted molar refractivity (Wildman–Crippen MR) is 125 cm³/mol. The van der Waals surface area contributed by atoms with E-state index in [1.54, 1.807) is 0 Å². The minimum atomic E-state index is -1.66. The molecule has 0 radical (unpaired) electrons. The van der Waals surface area contributed by atoms with Gasteiger partial charge in [0.1, 0.15) is 18.1 Å². The van der Waals surface area contributed by atoms with Gasteiger partial charge in [0.2, 0.25) is 23.6 Å². The van der Waals surface area contributed by atoms with Crippen LogP contribution in [0, 0.1) is 0 Å². The van der Waals surface area contributed by atoms with E-state index in [0.29, 0.717) is 13.0 Å². The molecule has 4 atom stereocenters. The van der Waals surface area contributed by atoms with Gasteiger partial charge in [-0.15, -0.1) is 0 Å². The first kappa shape index (κ1) is 30.1. The van der Waals surface area contributed by atoms with Gasteiger partial charge >= 0.3 is 11.9 Å². The highest BCUT2D eigenvalue weighted by atomic mass is 16.4. The number of carbonyl (C=O) groups is 6. The van der Waals surface area contributed by atoms with Crippen molar-refractivity contribution in [3.63, 3.8) is 0 Å². The molecule has 1 aliphatic rings. The normalized spacial score (nSPS) is 17.2. The van der Waals surface area contributed by atoms with Crippen molar-refractivity contribution in [3.05, 3.63) is 0 Å². The van der Waals surface area contributed by atoms with Gasteiger partial charge in [0.05, 0.1) is 12.5 Å². The second kappa shape index (κ2) is 15.1. The molecule has 0 aromatic rings. The van der Waals surface area contributed by atoms with Crippen LogP contribution >= 0.6 is 0 Å². The van der Waals surface area contributed by atoms with Crippen LogP contribution in [-0.2, 0) is 28.8 Å². The smallest absolute Gasteiger partial charge is 0.326 e. The lowest BCUT2D eigenvalue weighted by Crippen LogP contribution is -2.57. The molecule has 4 unspecified atom stereocenters. The molecule has 0 spiro atoms. The highest BCUT2D eigenvalue weighted by molar-refractivity contribution is 5.95. The summed E-state index contributed by atoms with van der Waals surface area (Å²) in [6.07, 6.45) is 0.109. The summed E-state index contributed by atoms with van der Waals surface area (Å²) in [5.41, 5.74) is 15.5. The molecule has 1 heterocycles. The first-order valence-corrected chi connectivity index (χ1v) is 11.3. The molecule has 1 saturated heterocycles. The lowest BCUT2D eigenvalue weighted by molar-refractivity contribution is -0.143. The van der Waals surface area contributed by atoms with Crippen LogP contribution in [0.15, 0.2) is 4.99 Å². The highest BCUT2D eigenvalue weighted by Crippen LogP contribution is 2.08. The SMILES string of the molecule is NC(=O)CCC(NC(=O)C1CCCN1)C(=O)NC(CC(=O)O)C(=O)NC(CCCN=C(N)N)C(=O)O. The predicted octanol–water partition coefficient (Wildman–Crippen LogP) is -3.93. The van der Waals surface area contributed by atoms with E-state index in [2.05, 4.69) is 26.3 Å². The van der Waals surface area contributed by atoms with Crippen LogP contribution < -0.4 is 38.5 Å². The maximum absolute atomic E-state index is 12.9. The average Bonchev–Trinajstić information content (AvgIpc) is 3.32. The number of nitrogens with zero attached hydrogens (tertiary/aromatic N) is 1. The maximum atomic E-state index is 12.9. The molecule has 4 amide bonds. The largest absolute Gasteiger partial charge is 0.481 e. The van der Waals surface area contributed by atoms with Crippen LogP contribution in [0.4, 0.5) is 0 Å². The van der Waals surface area contributed by atoms with Gasteiger partial charge in [-0.2, -0.15) is 0 Å². The highest BCUT2D eigenvalue weighted by Gasteiger charge is 2.32. The zero-order valence-electron chi connectivity index (χ0n) is 19.7. The van der Waals surface area contributed by atoms with Gasteiger partial charge < -0.3 is 48.7 Å². The molecule has 1 fully saturated rings. The summed E-state index contributed by atoms with van der Waals surface area (Å²) in [5, 5.41) is 28.4. The first-order chi connectivity index (χ1) is 16.9. The number of rotatable bonds is 16. The van der Waals surface area contributed by atoms with E-state index < -0.39 is 66.2 Å². The number of aliphatic carboxylic acids is 2. The standard InChI is InChI=1S/C20H34N8O8/c21-14(29)6-5-11(26-16(32)10-3-1-7-24-10)17(33)28-13(9-15(30)31)18(34)27-12(19(35)36)4-2-8-25-20(22)23/h10-13,24H,1-9H2,(H2,21,29)(H,26,32)(H,27,34)(H,28,33)(H,30,31)(H,35,36)(H4,22,23,25). The lowest BCUT2D eigenvalue weighted by atomic mass is 10.1. The molecule has 0 saturated carbocycles. The number of aliphatic imine (C=N–C) groups is 1. The van der Waals surface area contributed by atoms with Gasteiger partial charge in [-0.05, 0) is 38.6 Å². The van der Waals surface area contributed by atoms with Crippen LogP contribution in [0.1, 0.15) is 44.9 Å². The van der Waals surface area contributed by atoms with E-state index in [9.17, 15) is 39.0 Å². The molecule has 0 aromatic heterocycles. The molecule has 16 heteroatoms. The number of carboxylic acids is 2. The number of carbonyl (C=O) groups excluding carboxylic acids is 4. The monoisotopic (exact) mass is 514 g/mol. The van der Waals surface area contributed by atoms with Crippen molar-refractivity contribution in [2.24, 2.45) is 22.2 Å². The minimum Gasteiger partial charge on any atom is -0.481 e. The van der Waals surface area contributed by atoms with Gasteiger partial charge in [-0.1, -0.05) is 0 Å². The molecular formula is C20H34N8O8. The van der Waals surface area contributed by atoms with E-state index in [-0.39, 0.29) is 38.2 Å². The minimum absolute atomic E-state index is 0.0721. The zero-order chi connectivity index (χ0) is 27.3. The average molecular weight is 515 g/mol. The first-order valence-electron chi connectivity index (χ1n) is 11.3. The topological polar surface area (TPSA) is 281 Å². The Morgan fingerprint density at radius 1 is 0.917 bits per heavy atom. The summed E-state index contributed by atoms with van der Waals surface area (Å²) >= 11 is 0. The van der Waals surface area contributed by atoms with Crippen LogP contribution in [0.3, 0.4) is 0 Å². The van der Waals surface area contributed by atoms with E-state index in [1.165, 1.54) is 0 Å². The summed E-state index contributed by atoms with van der Waals surface area (Å²) in [6.45, 7) is 0.724. The Morgan fingerprint density at radius 2 is 1.56 bits per heavy atom. The van der Waals surface area contributed by atoms with Crippen molar-refractivity contribution in [2.45, 2.75) is 69.1 Å². The second-order valence-corrected chi connectivity index (χ2v) is 8.22. The Morgan fingerprint density at radius 3 is 2.08 bits per heavy atom. The third kappa shape index (κ3) is 11.5. The van der Waals surface area contributed by atoms with Gasteiger partial charge in [0.25, 0.3) is 0 Å².